The van der Waals surface area contributed by atoms with Gasteiger partial charge >= 0.3 is 0 Å². The van der Waals surface area contributed by atoms with Crippen molar-refractivity contribution in [3.8, 4) is 0 Å². The smallest absolute Gasteiger partial charge is 0.223 e. The molecule has 0 saturated carbocycles. The molecule has 0 spiro atoms. The van der Waals surface area contributed by atoms with Crippen molar-refractivity contribution >= 4 is 90.6 Å². The monoisotopic (exact) mass is 718 g/mol. The minimum absolute atomic E-state index is 0. The highest BCUT2D eigenvalue weighted by Gasteiger charge is 2.21. The van der Waals surface area contributed by atoms with Gasteiger partial charge in [-0.2, -0.15) is 0 Å². The summed E-state index contributed by atoms with van der Waals surface area (Å²) in [5.74, 6) is -0.912. The summed E-state index contributed by atoms with van der Waals surface area (Å²) in [6, 6.07) is 8.20. The van der Waals surface area contributed by atoms with Crippen LogP contribution >= 0.6 is 62.3 Å². The highest BCUT2D eigenvalue weighted by molar-refractivity contribution is 9.10. The molecule has 8 nitrogen and oxygen atoms in total. The highest BCUT2D eigenvalue weighted by atomic mass is 79.9. The standard InChI is InChI=1S/C13H7Cl2FN2O2.C9H5FO2.C4HBrCl2N2.CH4/c14-12-9(5-17-13(15)18-12)10(19)8-4-7(16)3-6-1-2-20-11(6)8;10-8-3-6-1-2-12-9(6)7(4-8)5-11;5-2-1-8-4(7)9-3(2)6;/h1-5,10,19H;1-5H;1H;1H4. The minimum atomic E-state index is -1.22. The maximum atomic E-state index is 13.6. The number of aromatic nitrogens is 4. The Labute approximate surface area is 265 Å². The number of benzene rings is 2. The molecule has 0 saturated heterocycles. The number of furan rings is 2. The molecule has 1 atom stereocenters. The molecule has 4 heterocycles. The number of aliphatic hydroxyl groups excluding tert-OH is 1. The zero-order valence-electron chi connectivity index (χ0n) is 20.0. The van der Waals surface area contributed by atoms with E-state index in [1.165, 1.54) is 43.1 Å². The Bertz CT molecular complexity index is 1850. The fourth-order valence-electron chi connectivity index (χ4n) is 3.46. The first-order valence-corrected chi connectivity index (χ1v) is 13.4. The summed E-state index contributed by atoms with van der Waals surface area (Å²) in [7, 11) is 0. The van der Waals surface area contributed by atoms with Crippen LogP contribution < -0.4 is 0 Å². The number of carbonyl (C=O) groups excluding carboxylic acids is 1. The lowest BCUT2D eigenvalue weighted by Crippen LogP contribution is -2.04. The second-order valence-electron chi connectivity index (χ2n) is 7.85. The number of aldehydes is 1. The van der Waals surface area contributed by atoms with Gasteiger partial charge in [-0.05, 0) is 75.5 Å². The molecule has 2 aromatic carbocycles. The van der Waals surface area contributed by atoms with Crippen LogP contribution in [0.3, 0.4) is 0 Å². The Morgan fingerprint density at radius 1 is 0.810 bits per heavy atom. The van der Waals surface area contributed by atoms with E-state index in [2.05, 4.69) is 35.9 Å². The lowest BCUT2D eigenvalue weighted by molar-refractivity contribution is 0.112. The molecule has 6 rings (SSSR count). The number of aliphatic hydroxyl groups is 1. The van der Waals surface area contributed by atoms with Crippen molar-refractivity contribution in [2.24, 2.45) is 0 Å². The molecule has 42 heavy (non-hydrogen) atoms. The third kappa shape index (κ3) is 8.00. The average molecular weight is 721 g/mol. The second kappa shape index (κ2) is 14.8. The number of nitrogens with zero attached hydrogens (tertiary/aromatic N) is 4. The zero-order valence-corrected chi connectivity index (χ0v) is 24.6. The average Bonchev–Trinajstić information content (AvgIpc) is 3.60. The van der Waals surface area contributed by atoms with Gasteiger partial charge in [-0.25, -0.2) is 28.7 Å². The molecule has 15 heteroatoms. The van der Waals surface area contributed by atoms with Crippen LogP contribution in [-0.4, -0.2) is 31.3 Å². The summed E-state index contributed by atoms with van der Waals surface area (Å²) in [6.45, 7) is 0. The summed E-state index contributed by atoms with van der Waals surface area (Å²) in [4.78, 5) is 25.3. The summed E-state index contributed by atoms with van der Waals surface area (Å²) in [6.07, 6.45) is 5.00. The normalized spacial score (nSPS) is 11.1. The van der Waals surface area contributed by atoms with E-state index in [1.54, 1.807) is 12.1 Å². The molecule has 6 aromatic rings. The Hall–Kier alpha value is -3.19. The van der Waals surface area contributed by atoms with Crippen molar-refractivity contribution in [2.75, 3.05) is 0 Å². The van der Waals surface area contributed by atoms with E-state index >= 15 is 0 Å². The predicted molar refractivity (Wildman–Crippen MR) is 160 cm³/mol. The lowest BCUT2D eigenvalue weighted by atomic mass is 10.0. The van der Waals surface area contributed by atoms with E-state index in [0.717, 1.165) is 6.07 Å². The van der Waals surface area contributed by atoms with Gasteiger partial charge in [-0.3, -0.25) is 4.79 Å². The topological polar surface area (TPSA) is 115 Å². The van der Waals surface area contributed by atoms with Crippen molar-refractivity contribution in [2.45, 2.75) is 13.5 Å². The van der Waals surface area contributed by atoms with E-state index in [0.29, 0.717) is 37.9 Å². The van der Waals surface area contributed by atoms with Gasteiger partial charge in [0, 0.05) is 34.3 Å². The van der Waals surface area contributed by atoms with Crippen molar-refractivity contribution in [3.63, 3.8) is 0 Å². The van der Waals surface area contributed by atoms with Crippen LogP contribution in [0.25, 0.3) is 21.9 Å². The number of hydrogen-bond donors (Lipinski definition) is 1. The van der Waals surface area contributed by atoms with Crippen LogP contribution in [0.5, 0.6) is 0 Å². The molecule has 0 aliphatic heterocycles. The summed E-state index contributed by atoms with van der Waals surface area (Å²) in [5.41, 5.74) is 1.53. The largest absolute Gasteiger partial charge is 0.464 e. The zero-order chi connectivity index (χ0) is 29.7. The number of hydrogen-bond acceptors (Lipinski definition) is 8. The van der Waals surface area contributed by atoms with Crippen LogP contribution in [0.4, 0.5) is 8.78 Å². The van der Waals surface area contributed by atoms with Crippen molar-refractivity contribution in [1.82, 2.24) is 19.9 Å². The van der Waals surface area contributed by atoms with E-state index in [4.69, 9.17) is 55.2 Å². The van der Waals surface area contributed by atoms with Gasteiger partial charge in [0.05, 0.1) is 22.6 Å². The second-order valence-corrected chi connectivity index (χ2v) is 10.1. The minimum Gasteiger partial charge on any atom is -0.464 e. The van der Waals surface area contributed by atoms with Gasteiger partial charge in [0.25, 0.3) is 0 Å². The first-order chi connectivity index (χ1) is 19.6. The van der Waals surface area contributed by atoms with Crippen LogP contribution in [-0.2, 0) is 0 Å². The molecule has 4 aromatic heterocycles. The molecule has 0 bridgehead atoms. The van der Waals surface area contributed by atoms with Crippen LogP contribution in [0.1, 0.15) is 35.0 Å². The van der Waals surface area contributed by atoms with Gasteiger partial charge < -0.3 is 13.9 Å². The van der Waals surface area contributed by atoms with E-state index < -0.39 is 17.7 Å². The fourth-order valence-corrected chi connectivity index (χ4v) is 4.37. The molecule has 0 aliphatic rings. The Kier molecular flexibility index (Phi) is 11.7. The van der Waals surface area contributed by atoms with E-state index in [1.807, 2.05) is 0 Å². The molecular weight excluding hydrogens is 704 g/mol. The summed E-state index contributed by atoms with van der Waals surface area (Å²) < 4.78 is 37.3. The molecule has 0 fully saturated rings. The van der Waals surface area contributed by atoms with Crippen LogP contribution in [0.15, 0.2) is 74.6 Å². The fraction of sp³-hybridized carbons (Fsp3) is 0.0741. The van der Waals surface area contributed by atoms with Gasteiger partial charge in [0.1, 0.15) is 39.2 Å². The molecule has 0 radical (unpaired) electrons. The number of carbonyl (C=O) groups is 1. The molecule has 1 unspecified atom stereocenters. The Morgan fingerprint density at radius 2 is 1.36 bits per heavy atom. The summed E-state index contributed by atoms with van der Waals surface area (Å²) >= 11 is 25.6. The Balaban J connectivity index is 0.000000188. The molecule has 0 aliphatic carbocycles. The maximum Gasteiger partial charge on any atom is 0.223 e. The van der Waals surface area contributed by atoms with Crippen molar-refractivity contribution in [1.29, 1.82) is 0 Å². The van der Waals surface area contributed by atoms with Gasteiger partial charge in [-0.15, -0.1) is 0 Å². The van der Waals surface area contributed by atoms with Gasteiger partial charge in [0.2, 0.25) is 10.6 Å². The number of rotatable bonds is 3. The number of halogens is 7. The highest BCUT2D eigenvalue weighted by Crippen LogP contribution is 2.33. The SMILES string of the molecule is C.Clc1ncc(Br)c(Cl)n1.O=Cc1cc(F)cc2ccoc12.OC(c1cnc(Cl)nc1Cl)c1cc(F)cc2ccoc12. The van der Waals surface area contributed by atoms with Crippen LogP contribution in [0.2, 0.25) is 20.9 Å². The quantitative estimate of drug-likeness (QED) is 0.109. The summed E-state index contributed by atoms with van der Waals surface area (Å²) in [5, 5.41) is 12.0. The molecule has 1 N–H and O–H groups in total. The maximum absolute atomic E-state index is 13.6. The number of fused-ring (bicyclic) bond motifs is 2. The molecule has 218 valence electrons. The molecular formula is C27H17BrCl4F2N4O4. The van der Waals surface area contributed by atoms with E-state index in [-0.39, 0.29) is 39.8 Å². The lowest BCUT2D eigenvalue weighted by Gasteiger charge is -2.12. The predicted octanol–water partition coefficient (Wildman–Crippen LogP) is 9.32. The first kappa shape index (κ1) is 33.3. The first-order valence-electron chi connectivity index (χ1n) is 11.1. The van der Waals surface area contributed by atoms with E-state index in [9.17, 15) is 18.7 Å². The Morgan fingerprint density at radius 3 is 1.93 bits per heavy atom. The van der Waals surface area contributed by atoms with Crippen molar-refractivity contribution in [3.05, 3.63) is 115 Å². The van der Waals surface area contributed by atoms with Gasteiger partial charge in [-0.1, -0.05) is 30.6 Å². The third-order valence-corrected chi connectivity index (χ3v) is 6.98. The van der Waals surface area contributed by atoms with Gasteiger partial charge in [0.15, 0.2) is 6.29 Å². The van der Waals surface area contributed by atoms with Crippen molar-refractivity contribution < 1.29 is 27.5 Å². The molecule has 0 amide bonds. The van der Waals surface area contributed by atoms with Crippen LogP contribution in [0, 0.1) is 11.6 Å². The third-order valence-electron chi connectivity index (χ3n) is 5.22.